The van der Waals surface area contributed by atoms with Crippen molar-refractivity contribution in [1.82, 2.24) is 0 Å². The number of benzene rings is 1. The molecule has 1 spiro atoms. The highest BCUT2D eigenvalue weighted by molar-refractivity contribution is 5.52. The summed E-state index contributed by atoms with van der Waals surface area (Å²) in [4.78, 5) is 0. The summed E-state index contributed by atoms with van der Waals surface area (Å²) in [6, 6.07) is 7.49. The third-order valence-corrected chi connectivity index (χ3v) is 11.7. The Bertz CT molecular complexity index is 1330. The zero-order valence-electron chi connectivity index (χ0n) is 25.7. The number of alkyl halides is 5. The van der Waals surface area contributed by atoms with Gasteiger partial charge in [-0.05, 0) is 67.1 Å². The number of halogens is 5. The molecule has 0 amide bonds. The Labute approximate surface area is 255 Å². The number of rotatable bonds is 4. The average Bonchev–Trinajstić information content (AvgIpc) is 3.24. The quantitative estimate of drug-likeness (QED) is 0.251. The van der Waals surface area contributed by atoms with Crippen molar-refractivity contribution in [2.45, 2.75) is 107 Å². The Morgan fingerprint density at radius 3 is 2.23 bits per heavy atom. The van der Waals surface area contributed by atoms with Gasteiger partial charge in [0.1, 0.15) is 5.60 Å². The Morgan fingerprint density at radius 2 is 1.61 bits per heavy atom. The fraction of sp³-hybridized carbons (Fsp3) is 0.706. The van der Waals surface area contributed by atoms with Crippen LogP contribution in [0.25, 0.3) is 6.08 Å². The zero-order chi connectivity index (χ0) is 32.0. The standard InChI is InChI=1S/C34H44F5NO4/c1-28(2)19-43-31(44-20-28)14-11-26-27-23(10-13-30(26,41)18-31)25-12-15-32(42,33(35,36)34(37,38)39)29(25,3)17-24(27)22-8-6-21(7-9-22)5-4-16-40/h4-9,23-25,41-42H,10-20,40H2,1-3H3/t23-,24+,25-,29-,30+,32-/m0/s1. The maximum absolute atomic E-state index is 15.3. The molecule has 44 heavy (non-hydrogen) atoms. The molecule has 4 N–H and O–H groups in total. The molecule has 3 saturated carbocycles. The summed E-state index contributed by atoms with van der Waals surface area (Å²) in [5.74, 6) is -7.67. The Kier molecular flexibility index (Phi) is 7.53. The molecule has 0 bridgehead atoms. The molecule has 6 rings (SSSR count). The first-order chi connectivity index (χ1) is 20.4. The van der Waals surface area contributed by atoms with E-state index in [4.69, 9.17) is 15.2 Å². The van der Waals surface area contributed by atoms with Crippen molar-refractivity contribution in [3.63, 3.8) is 0 Å². The van der Waals surface area contributed by atoms with Gasteiger partial charge in [0.2, 0.25) is 0 Å². The van der Waals surface area contributed by atoms with Gasteiger partial charge >= 0.3 is 12.1 Å². The first kappa shape index (κ1) is 32.1. The minimum atomic E-state index is -5.88. The topological polar surface area (TPSA) is 84.9 Å². The van der Waals surface area contributed by atoms with Crippen LogP contribution in [0.1, 0.15) is 89.2 Å². The van der Waals surface area contributed by atoms with E-state index in [-0.39, 0.29) is 30.6 Å². The number of fused-ring (bicyclic) bond motifs is 4. The molecule has 1 aromatic rings. The maximum Gasteiger partial charge on any atom is 0.456 e. The van der Waals surface area contributed by atoms with Crippen LogP contribution in [-0.2, 0) is 9.47 Å². The van der Waals surface area contributed by atoms with E-state index < -0.39 is 52.8 Å². The SMILES string of the molecule is CC1(C)COC2(CCC3=C4[C@@H](CC[C@@]3(O)C2)[C@@H]2CC[C@@](O)(C(F)(F)C(F)(F)F)[C@@]2(C)C[C@@H]4c2ccc(C=CCN)cc2)OC1. The smallest absolute Gasteiger partial charge is 0.385 e. The second-order valence-corrected chi connectivity index (χ2v) is 15.0. The lowest BCUT2D eigenvalue weighted by atomic mass is 9.49. The van der Waals surface area contributed by atoms with Gasteiger partial charge in [-0.3, -0.25) is 0 Å². The summed E-state index contributed by atoms with van der Waals surface area (Å²) in [6.45, 7) is 6.90. The van der Waals surface area contributed by atoms with E-state index in [1.54, 1.807) is 6.08 Å². The van der Waals surface area contributed by atoms with E-state index in [9.17, 15) is 23.4 Å². The van der Waals surface area contributed by atoms with Crippen molar-refractivity contribution >= 4 is 6.08 Å². The molecule has 1 aromatic carbocycles. The Hall–Kier alpha value is -1.85. The van der Waals surface area contributed by atoms with Crippen LogP contribution in [0.2, 0.25) is 0 Å². The molecule has 1 saturated heterocycles. The molecular weight excluding hydrogens is 581 g/mol. The van der Waals surface area contributed by atoms with E-state index in [1.165, 1.54) is 6.92 Å². The van der Waals surface area contributed by atoms with Gasteiger partial charge in [-0.2, -0.15) is 22.0 Å². The number of aliphatic hydroxyl groups is 2. The predicted octanol–water partition coefficient (Wildman–Crippen LogP) is 6.88. The Balaban J connectivity index is 1.45. The van der Waals surface area contributed by atoms with E-state index in [2.05, 4.69) is 13.8 Å². The second-order valence-electron chi connectivity index (χ2n) is 15.0. The normalized spacial score (nSPS) is 38.5. The van der Waals surface area contributed by atoms with Crippen LogP contribution in [0.5, 0.6) is 0 Å². The van der Waals surface area contributed by atoms with E-state index in [0.717, 1.165) is 22.3 Å². The van der Waals surface area contributed by atoms with Crippen LogP contribution in [0.3, 0.4) is 0 Å². The molecule has 0 aromatic heterocycles. The molecule has 6 atom stereocenters. The fourth-order valence-electron chi connectivity index (χ4n) is 9.35. The van der Waals surface area contributed by atoms with Crippen molar-refractivity contribution in [2.75, 3.05) is 19.8 Å². The summed E-state index contributed by atoms with van der Waals surface area (Å²) in [6.07, 6.45) is -0.919. The van der Waals surface area contributed by atoms with Crippen molar-refractivity contribution in [3.8, 4) is 0 Å². The first-order valence-electron chi connectivity index (χ1n) is 15.8. The van der Waals surface area contributed by atoms with Crippen molar-refractivity contribution in [3.05, 3.63) is 52.6 Å². The van der Waals surface area contributed by atoms with Gasteiger partial charge in [-0.1, -0.05) is 62.8 Å². The summed E-state index contributed by atoms with van der Waals surface area (Å²) in [5.41, 5.74) is 2.67. The monoisotopic (exact) mass is 625 g/mol. The number of nitrogens with two attached hydrogens (primary N) is 1. The van der Waals surface area contributed by atoms with E-state index >= 15 is 8.78 Å². The highest BCUT2D eigenvalue weighted by Crippen LogP contribution is 2.71. The third kappa shape index (κ3) is 4.72. The Morgan fingerprint density at radius 1 is 0.955 bits per heavy atom. The van der Waals surface area contributed by atoms with Gasteiger partial charge in [-0.15, -0.1) is 0 Å². The first-order valence-corrected chi connectivity index (χ1v) is 15.8. The number of allylic oxidation sites excluding steroid dienone is 1. The van der Waals surface area contributed by atoms with Crippen molar-refractivity contribution in [2.24, 2.45) is 28.4 Å². The molecule has 1 aliphatic heterocycles. The molecule has 5 aliphatic rings. The lowest BCUT2D eigenvalue weighted by Gasteiger charge is -2.59. The number of hydrogen-bond donors (Lipinski definition) is 3. The average molecular weight is 626 g/mol. The third-order valence-electron chi connectivity index (χ3n) is 11.7. The van der Waals surface area contributed by atoms with Crippen molar-refractivity contribution < 1.29 is 41.6 Å². The lowest BCUT2D eigenvalue weighted by Crippen LogP contribution is -2.65. The van der Waals surface area contributed by atoms with Gasteiger partial charge in [0.15, 0.2) is 5.79 Å². The number of hydrogen-bond acceptors (Lipinski definition) is 5. The molecule has 244 valence electrons. The largest absolute Gasteiger partial charge is 0.456 e. The second kappa shape index (κ2) is 10.3. The summed E-state index contributed by atoms with van der Waals surface area (Å²) in [5, 5.41) is 23.8. The van der Waals surface area contributed by atoms with Gasteiger partial charge in [0.05, 0.1) is 18.8 Å². The zero-order valence-corrected chi connectivity index (χ0v) is 25.7. The molecule has 1 heterocycles. The fourth-order valence-corrected chi connectivity index (χ4v) is 9.35. The van der Waals surface area contributed by atoms with Crippen LogP contribution in [0.15, 0.2) is 41.5 Å². The molecule has 4 fully saturated rings. The van der Waals surface area contributed by atoms with Gasteiger partial charge in [0, 0.05) is 36.1 Å². The van der Waals surface area contributed by atoms with Crippen LogP contribution < -0.4 is 5.73 Å². The minimum absolute atomic E-state index is 0.0549. The number of ether oxygens (including phenoxy) is 2. The summed E-state index contributed by atoms with van der Waals surface area (Å²) < 4.78 is 84.7. The highest BCUT2D eigenvalue weighted by atomic mass is 19.4. The molecule has 4 aliphatic carbocycles. The van der Waals surface area contributed by atoms with Crippen LogP contribution in [0.4, 0.5) is 22.0 Å². The molecule has 10 heteroatoms. The van der Waals surface area contributed by atoms with Crippen LogP contribution in [-0.4, -0.2) is 59.1 Å². The minimum Gasteiger partial charge on any atom is -0.385 e. The van der Waals surface area contributed by atoms with E-state index in [1.807, 2.05) is 30.3 Å². The molecule has 0 radical (unpaired) electrons. The van der Waals surface area contributed by atoms with Gasteiger partial charge in [-0.25, -0.2) is 0 Å². The molecular formula is C34H44F5NO4. The van der Waals surface area contributed by atoms with Gasteiger partial charge in [0.25, 0.3) is 0 Å². The predicted molar refractivity (Wildman–Crippen MR) is 156 cm³/mol. The highest BCUT2D eigenvalue weighted by Gasteiger charge is 2.79. The van der Waals surface area contributed by atoms with Crippen LogP contribution >= 0.6 is 0 Å². The summed E-state index contributed by atoms with van der Waals surface area (Å²) in [7, 11) is 0. The van der Waals surface area contributed by atoms with Crippen LogP contribution in [0, 0.1) is 22.7 Å². The molecule has 0 unspecified atom stereocenters. The van der Waals surface area contributed by atoms with E-state index in [0.29, 0.717) is 45.4 Å². The maximum atomic E-state index is 15.3. The molecule has 5 nitrogen and oxygen atoms in total. The summed E-state index contributed by atoms with van der Waals surface area (Å²) >= 11 is 0. The lowest BCUT2D eigenvalue weighted by molar-refractivity contribution is -0.362. The van der Waals surface area contributed by atoms with Crippen molar-refractivity contribution in [1.29, 1.82) is 0 Å². The van der Waals surface area contributed by atoms with Gasteiger partial charge < -0.3 is 25.4 Å².